The highest BCUT2D eigenvalue weighted by Crippen LogP contribution is 2.26. The Morgan fingerprint density at radius 2 is 2.00 bits per heavy atom. The summed E-state index contributed by atoms with van der Waals surface area (Å²) in [5, 5.41) is 0. The van der Waals surface area contributed by atoms with E-state index >= 15 is 0 Å². The second kappa shape index (κ2) is 6.29. The number of aromatic nitrogens is 1. The summed E-state index contributed by atoms with van der Waals surface area (Å²) in [5.41, 5.74) is 5.25. The molecule has 0 aliphatic rings. The Morgan fingerprint density at radius 1 is 1.33 bits per heavy atom. The molecule has 2 heteroatoms. The van der Waals surface area contributed by atoms with Gasteiger partial charge in [-0.25, -0.2) is 0 Å². The first kappa shape index (κ1) is 14.4. The van der Waals surface area contributed by atoms with Crippen molar-refractivity contribution in [2.24, 2.45) is 4.99 Å². The summed E-state index contributed by atoms with van der Waals surface area (Å²) in [6.07, 6.45) is 3.71. The van der Waals surface area contributed by atoms with Crippen LogP contribution in [0, 0.1) is 0 Å². The molecule has 0 atom stereocenters. The fraction of sp³-hybridized carbons (Fsp3) is 0.375. The molecule has 0 radical (unpaired) electrons. The summed E-state index contributed by atoms with van der Waals surface area (Å²) in [5.74, 6) is 0.450. The molecular weight excluding hydrogens is 220 g/mol. The average molecular weight is 242 g/mol. The molecule has 0 fully saturated rings. The fourth-order valence-electron chi connectivity index (χ4n) is 1.92. The van der Waals surface area contributed by atoms with Gasteiger partial charge >= 0.3 is 0 Å². The SMILES string of the molecule is C=C(C)/C(=C(C)\N=C/C)c1ccc(C(C)C)nc1. The second-order valence-electron chi connectivity index (χ2n) is 4.75. The molecule has 0 saturated heterocycles. The van der Waals surface area contributed by atoms with Crippen LogP contribution in [0.25, 0.3) is 5.57 Å². The highest BCUT2D eigenvalue weighted by molar-refractivity contribution is 5.80. The van der Waals surface area contributed by atoms with E-state index in [9.17, 15) is 0 Å². The molecular formula is C16H22N2. The first-order valence-electron chi connectivity index (χ1n) is 6.29. The lowest BCUT2D eigenvalue weighted by molar-refractivity contribution is 0.822. The van der Waals surface area contributed by atoms with Gasteiger partial charge in [-0.05, 0) is 38.3 Å². The van der Waals surface area contributed by atoms with Crippen LogP contribution in [0.5, 0.6) is 0 Å². The molecule has 0 amide bonds. The summed E-state index contributed by atoms with van der Waals surface area (Å²) in [6, 6.07) is 4.17. The average Bonchev–Trinajstić information content (AvgIpc) is 2.29. The zero-order valence-electron chi connectivity index (χ0n) is 12.0. The Morgan fingerprint density at radius 3 is 2.39 bits per heavy atom. The van der Waals surface area contributed by atoms with Crippen molar-refractivity contribution in [3.05, 3.63) is 47.4 Å². The Hall–Kier alpha value is -1.70. The van der Waals surface area contributed by atoms with E-state index in [0.29, 0.717) is 5.92 Å². The van der Waals surface area contributed by atoms with Gasteiger partial charge in [0.05, 0.1) is 0 Å². The van der Waals surface area contributed by atoms with Crippen molar-refractivity contribution in [1.82, 2.24) is 4.98 Å². The third-order valence-electron chi connectivity index (χ3n) is 2.78. The zero-order valence-corrected chi connectivity index (χ0v) is 12.0. The van der Waals surface area contributed by atoms with E-state index in [0.717, 1.165) is 28.1 Å². The van der Waals surface area contributed by atoms with Gasteiger partial charge in [-0.2, -0.15) is 0 Å². The van der Waals surface area contributed by atoms with Crippen LogP contribution in [0.4, 0.5) is 0 Å². The van der Waals surface area contributed by atoms with Crippen molar-refractivity contribution in [2.75, 3.05) is 0 Å². The van der Waals surface area contributed by atoms with Gasteiger partial charge in [0.1, 0.15) is 0 Å². The normalized spacial score (nSPS) is 13.0. The minimum absolute atomic E-state index is 0.450. The van der Waals surface area contributed by atoms with Gasteiger partial charge in [0.15, 0.2) is 0 Å². The molecule has 0 spiro atoms. The molecule has 0 aliphatic carbocycles. The molecule has 0 aromatic carbocycles. The Labute approximate surface area is 110 Å². The van der Waals surface area contributed by atoms with E-state index in [-0.39, 0.29) is 0 Å². The molecule has 0 bridgehead atoms. The molecule has 0 aliphatic heterocycles. The summed E-state index contributed by atoms with van der Waals surface area (Å²) in [6.45, 7) is 14.2. The van der Waals surface area contributed by atoms with Gasteiger partial charge in [-0.1, -0.05) is 26.5 Å². The van der Waals surface area contributed by atoms with E-state index in [4.69, 9.17) is 0 Å². The summed E-state index contributed by atoms with van der Waals surface area (Å²) < 4.78 is 0. The van der Waals surface area contributed by atoms with E-state index in [1.807, 2.05) is 27.0 Å². The lowest BCUT2D eigenvalue weighted by atomic mass is 9.98. The predicted molar refractivity (Wildman–Crippen MR) is 79.9 cm³/mol. The van der Waals surface area contributed by atoms with Crippen LogP contribution in [-0.4, -0.2) is 11.2 Å². The highest BCUT2D eigenvalue weighted by atomic mass is 14.7. The van der Waals surface area contributed by atoms with Crippen LogP contribution in [0.2, 0.25) is 0 Å². The first-order valence-corrected chi connectivity index (χ1v) is 6.29. The van der Waals surface area contributed by atoms with E-state index in [2.05, 4.69) is 42.5 Å². The number of hydrogen-bond donors (Lipinski definition) is 0. The number of hydrogen-bond acceptors (Lipinski definition) is 2. The van der Waals surface area contributed by atoms with Crippen LogP contribution in [-0.2, 0) is 0 Å². The maximum absolute atomic E-state index is 4.50. The lowest BCUT2D eigenvalue weighted by Gasteiger charge is -2.11. The van der Waals surface area contributed by atoms with Gasteiger partial charge in [0.25, 0.3) is 0 Å². The van der Waals surface area contributed by atoms with Crippen LogP contribution >= 0.6 is 0 Å². The number of nitrogens with zero attached hydrogens (tertiary/aromatic N) is 2. The maximum Gasteiger partial charge on any atom is 0.0449 e. The number of rotatable bonds is 4. The minimum Gasteiger partial charge on any atom is -0.266 e. The Bertz CT molecular complexity index is 476. The molecule has 1 aromatic rings. The predicted octanol–water partition coefficient (Wildman–Crippen LogP) is 4.60. The van der Waals surface area contributed by atoms with Crippen molar-refractivity contribution in [1.29, 1.82) is 0 Å². The molecule has 96 valence electrons. The maximum atomic E-state index is 4.50. The molecule has 1 aromatic heterocycles. The monoisotopic (exact) mass is 242 g/mol. The molecule has 0 N–H and O–H groups in total. The molecule has 18 heavy (non-hydrogen) atoms. The van der Waals surface area contributed by atoms with Crippen LogP contribution in [0.1, 0.15) is 51.8 Å². The third-order valence-corrected chi connectivity index (χ3v) is 2.78. The van der Waals surface area contributed by atoms with Crippen LogP contribution in [0.3, 0.4) is 0 Å². The first-order chi connectivity index (χ1) is 8.47. The topological polar surface area (TPSA) is 25.2 Å². The summed E-state index contributed by atoms with van der Waals surface area (Å²) >= 11 is 0. The second-order valence-corrected chi connectivity index (χ2v) is 4.75. The minimum atomic E-state index is 0.450. The summed E-state index contributed by atoms with van der Waals surface area (Å²) in [4.78, 5) is 8.84. The Balaban J connectivity index is 3.24. The quantitative estimate of drug-likeness (QED) is 0.559. The van der Waals surface area contributed by atoms with Crippen molar-refractivity contribution < 1.29 is 0 Å². The van der Waals surface area contributed by atoms with Crippen molar-refractivity contribution >= 4 is 11.8 Å². The smallest absolute Gasteiger partial charge is 0.0449 e. The molecule has 1 heterocycles. The van der Waals surface area contributed by atoms with Crippen LogP contribution in [0.15, 0.2) is 41.2 Å². The van der Waals surface area contributed by atoms with E-state index in [1.165, 1.54) is 0 Å². The number of allylic oxidation sites excluding steroid dienone is 3. The summed E-state index contributed by atoms with van der Waals surface area (Å²) in [7, 11) is 0. The van der Waals surface area contributed by atoms with Crippen LogP contribution < -0.4 is 0 Å². The molecule has 0 unspecified atom stereocenters. The molecule has 1 rings (SSSR count). The van der Waals surface area contributed by atoms with E-state index in [1.54, 1.807) is 6.21 Å². The lowest BCUT2D eigenvalue weighted by Crippen LogP contribution is -1.95. The number of aliphatic imine (C=N–C) groups is 1. The fourth-order valence-corrected chi connectivity index (χ4v) is 1.92. The van der Waals surface area contributed by atoms with Gasteiger partial charge in [0, 0.05) is 34.9 Å². The largest absolute Gasteiger partial charge is 0.266 e. The Kier molecular flexibility index (Phi) is 5.02. The molecule has 2 nitrogen and oxygen atoms in total. The standard InChI is InChI=1S/C16H22N2/c1-7-17-13(6)16(12(4)5)14-8-9-15(11(2)3)18-10-14/h7-11H,4H2,1-3,5-6H3/b16-13+,17-7-. The van der Waals surface area contributed by atoms with Crippen molar-refractivity contribution in [3.8, 4) is 0 Å². The zero-order chi connectivity index (χ0) is 13.7. The number of pyridine rings is 1. The van der Waals surface area contributed by atoms with Gasteiger partial charge in [0.2, 0.25) is 0 Å². The third kappa shape index (κ3) is 3.39. The van der Waals surface area contributed by atoms with Gasteiger partial charge in [-0.15, -0.1) is 0 Å². The highest BCUT2D eigenvalue weighted by Gasteiger charge is 2.08. The van der Waals surface area contributed by atoms with Crippen molar-refractivity contribution in [3.63, 3.8) is 0 Å². The molecule has 0 saturated carbocycles. The van der Waals surface area contributed by atoms with Gasteiger partial charge < -0.3 is 0 Å². The van der Waals surface area contributed by atoms with Gasteiger partial charge in [-0.3, -0.25) is 9.98 Å². The van der Waals surface area contributed by atoms with Crippen molar-refractivity contribution in [2.45, 2.75) is 40.5 Å². The van der Waals surface area contributed by atoms with E-state index < -0.39 is 0 Å².